The molecule has 3 aromatic rings. The molecule has 3 aromatic carbocycles. The highest BCUT2D eigenvalue weighted by Gasteiger charge is 2.30. The summed E-state index contributed by atoms with van der Waals surface area (Å²) in [6.07, 6.45) is -1.28. The van der Waals surface area contributed by atoms with Crippen LogP contribution in [0.4, 0.5) is 13.2 Å². The number of hydrogen-bond donors (Lipinski definition) is 0. The maximum atomic E-state index is 13.1. The SMILES string of the molecule is CCOC(=O)[C@@H](/C=C/c1cccc(C(F)(F)F)c1)N(Cc1ccccc1)Cc1ccccc1. The van der Waals surface area contributed by atoms with E-state index in [0.717, 1.165) is 23.3 Å². The van der Waals surface area contributed by atoms with Crippen molar-refractivity contribution < 1.29 is 22.7 Å². The van der Waals surface area contributed by atoms with Crippen molar-refractivity contribution in [2.75, 3.05) is 6.61 Å². The van der Waals surface area contributed by atoms with E-state index in [-0.39, 0.29) is 6.61 Å². The normalized spacial score (nSPS) is 12.8. The molecule has 0 heterocycles. The Morgan fingerprint density at radius 2 is 1.48 bits per heavy atom. The second kappa shape index (κ2) is 11.5. The summed E-state index contributed by atoms with van der Waals surface area (Å²) in [6, 6.07) is 23.7. The van der Waals surface area contributed by atoms with E-state index in [1.807, 2.05) is 65.6 Å². The zero-order chi connectivity index (χ0) is 23.7. The molecule has 172 valence electrons. The summed E-state index contributed by atoms with van der Waals surface area (Å²) >= 11 is 0. The molecule has 0 saturated heterocycles. The van der Waals surface area contributed by atoms with Gasteiger partial charge in [-0.2, -0.15) is 13.2 Å². The lowest BCUT2D eigenvalue weighted by molar-refractivity contribution is -0.148. The van der Waals surface area contributed by atoms with Crippen LogP contribution in [0.1, 0.15) is 29.2 Å². The highest BCUT2D eigenvalue weighted by Crippen LogP contribution is 2.30. The minimum absolute atomic E-state index is 0.206. The fourth-order valence-corrected chi connectivity index (χ4v) is 3.49. The Bertz CT molecular complexity index is 1010. The average molecular weight is 454 g/mol. The van der Waals surface area contributed by atoms with Crippen LogP contribution in [0, 0.1) is 0 Å². The van der Waals surface area contributed by atoms with Gasteiger partial charge in [-0.15, -0.1) is 0 Å². The summed E-state index contributed by atoms with van der Waals surface area (Å²) in [6.45, 7) is 2.86. The van der Waals surface area contributed by atoms with Gasteiger partial charge in [0.1, 0.15) is 6.04 Å². The number of benzene rings is 3. The predicted molar refractivity (Wildman–Crippen MR) is 123 cm³/mol. The third-order valence-corrected chi connectivity index (χ3v) is 5.06. The number of carbonyl (C=O) groups excluding carboxylic acids is 1. The maximum Gasteiger partial charge on any atom is 0.416 e. The Hall–Kier alpha value is -3.38. The van der Waals surface area contributed by atoms with Gasteiger partial charge in [0.2, 0.25) is 0 Å². The zero-order valence-corrected chi connectivity index (χ0v) is 18.3. The van der Waals surface area contributed by atoms with E-state index in [0.29, 0.717) is 18.7 Å². The molecule has 0 fully saturated rings. The molecule has 0 amide bonds. The van der Waals surface area contributed by atoms with Crippen molar-refractivity contribution in [1.82, 2.24) is 4.90 Å². The van der Waals surface area contributed by atoms with Crippen LogP contribution in [0.25, 0.3) is 6.08 Å². The first kappa shape index (κ1) is 24.3. The van der Waals surface area contributed by atoms with Crippen LogP contribution in [0.15, 0.2) is 91.0 Å². The Morgan fingerprint density at radius 3 is 2.00 bits per heavy atom. The number of halogens is 3. The molecule has 3 rings (SSSR count). The van der Waals surface area contributed by atoms with E-state index in [1.165, 1.54) is 6.07 Å². The largest absolute Gasteiger partial charge is 0.465 e. The number of nitrogens with zero attached hydrogens (tertiary/aromatic N) is 1. The van der Waals surface area contributed by atoms with E-state index in [4.69, 9.17) is 4.74 Å². The molecule has 0 aliphatic carbocycles. The molecule has 33 heavy (non-hydrogen) atoms. The van der Waals surface area contributed by atoms with E-state index < -0.39 is 23.8 Å². The van der Waals surface area contributed by atoms with Crippen LogP contribution in [0.2, 0.25) is 0 Å². The van der Waals surface area contributed by atoms with Crippen molar-refractivity contribution in [3.63, 3.8) is 0 Å². The molecule has 0 radical (unpaired) electrons. The highest BCUT2D eigenvalue weighted by atomic mass is 19.4. The van der Waals surface area contributed by atoms with Crippen LogP contribution >= 0.6 is 0 Å². The molecular formula is C27H26F3NO2. The first-order valence-corrected chi connectivity index (χ1v) is 10.7. The molecule has 0 aliphatic heterocycles. The molecule has 1 atom stereocenters. The Morgan fingerprint density at radius 1 is 0.909 bits per heavy atom. The summed E-state index contributed by atoms with van der Waals surface area (Å²) in [7, 11) is 0. The third kappa shape index (κ3) is 7.32. The first-order chi connectivity index (χ1) is 15.9. The van der Waals surface area contributed by atoms with Gasteiger partial charge >= 0.3 is 12.1 Å². The van der Waals surface area contributed by atoms with Crippen LogP contribution in [-0.2, 0) is 28.8 Å². The van der Waals surface area contributed by atoms with Crippen molar-refractivity contribution in [2.24, 2.45) is 0 Å². The van der Waals surface area contributed by atoms with E-state index in [2.05, 4.69) is 0 Å². The van der Waals surface area contributed by atoms with E-state index >= 15 is 0 Å². The monoisotopic (exact) mass is 453 g/mol. The Labute approximate surface area is 192 Å². The number of hydrogen-bond acceptors (Lipinski definition) is 3. The van der Waals surface area contributed by atoms with Gasteiger partial charge in [-0.05, 0) is 35.7 Å². The second-order valence-electron chi connectivity index (χ2n) is 7.56. The maximum absolute atomic E-state index is 13.1. The average Bonchev–Trinajstić information content (AvgIpc) is 2.80. The number of carbonyl (C=O) groups is 1. The minimum atomic E-state index is -4.43. The molecule has 0 N–H and O–H groups in total. The number of alkyl halides is 3. The number of ether oxygens (including phenoxy) is 1. The van der Waals surface area contributed by atoms with Gasteiger partial charge in [0.05, 0.1) is 12.2 Å². The molecule has 0 unspecified atom stereocenters. The van der Waals surface area contributed by atoms with Crippen molar-refractivity contribution in [3.8, 4) is 0 Å². The summed E-state index contributed by atoms with van der Waals surface area (Å²) in [5.41, 5.74) is 1.65. The fraction of sp³-hybridized carbons (Fsp3) is 0.222. The van der Waals surface area contributed by atoms with Crippen LogP contribution < -0.4 is 0 Å². The van der Waals surface area contributed by atoms with Gasteiger partial charge < -0.3 is 4.74 Å². The number of rotatable bonds is 9. The van der Waals surface area contributed by atoms with Gasteiger partial charge in [0.15, 0.2) is 0 Å². The van der Waals surface area contributed by atoms with Crippen molar-refractivity contribution in [3.05, 3.63) is 113 Å². The van der Waals surface area contributed by atoms with Crippen LogP contribution in [0.5, 0.6) is 0 Å². The molecule has 0 aromatic heterocycles. The summed E-state index contributed by atoms with van der Waals surface area (Å²) < 4.78 is 44.6. The van der Waals surface area contributed by atoms with E-state index in [9.17, 15) is 18.0 Å². The van der Waals surface area contributed by atoms with Gasteiger partial charge in [0, 0.05) is 13.1 Å². The van der Waals surface area contributed by atoms with Crippen LogP contribution in [0.3, 0.4) is 0 Å². The first-order valence-electron chi connectivity index (χ1n) is 10.7. The smallest absolute Gasteiger partial charge is 0.416 e. The molecule has 0 bridgehead atoms. The Kier molecular flexibility index (Phi) is 8.44. The number of esters is 1. The summed E-state index contributed by atoms with van der Waals surface area (Å²) in [5, 5.41) is 0. The lowest BCUT2D eigenvalue weighted by Crippen LogP contribution is -2.40. The summed E-state index contributed by atoms with van der Waals surface area (Å²) in [4.78, 5) is 14.9. The van der Waals surface area contributed by atoms with Gasteiger partial charge in [-0.1, -0.05) is 84.9 Å². The molecule has 0 aliphatic rings. The van der Waals surface area contributed by atoms with E-state index in [1.54, 1.807) is 25.1 Å². The highest BCUT2D eigenvalue weighted by molar-refractivity contribution is 5.79. The zero-order valence-electron chi connectivity index (χ0n) is 18.3. The van der Waals surface area contributed by atoms with Gasteiger partial charge in [0.25, 0.3) is 0 Å². The third-order valence-electron chi connectivity index (χ3n) is 5.06. The van der Waals surface area contributed by atoms with Crippen molar-refractivity contribution in [2.45, 2.75) is 32.2 Å². The van der Waals surface area contributed by atoms with Crippen molar-refractivity contribution >= 4 is 12.0 Å². The standard InChI is InChI=1S/C27H26F3NO2/c1-2-33-26(32)25(17-16-21-14-9-15-24(18-21)27(28,29)30)31(19-22-10-5-3-6-11-22)20-23-12-7-4-8-13-23/h3-18,25H,2,19-20H2,1H3/b17-16+/t25-/m1/s1. The summed E-state index contributed by atoms with van der Waals surface area (Å²) in [5.74, 6) is -0.451. The predicted octanol–water partition coefficient (Wildman–Crippen LogP) is 6.35. The topological polar surface area (TPSA) is 29.5 Å². The fourth-order valence-electron chi connectivity index (χ4n) is 3.49. The molecular weight excluding hydrogens is 427 g/mol. The van der Waals surface area contributed by atoms with Crippen LogP contribution in [-0.4, -0.2) is 23.5 Å². The molecule has 6 heteroatoms. The lowest BCUT2D eigenvalue weighted by Gasteiger charge is -2.28. The molecule has 0 saturated carbocycles. The molecule has 0 spiro atoms. The second-order valence-corrected chi connectivity index (χ2v) is 7.56. The lowest BCUT2D eigenvalue weighted by atomic mass is 10.1. The molecule has 3 nitrogen and oxygen atoms in total. The minimum Gasteiger partial charge on any atom is -0.465 e. The quantitative estimate of drug-likeness (QED) is 0.354. The Balaban J connectivity index is 1.94. The van der Waals surface area contributed by atoms with Crippen molar-refractivity contribution in [1.29, 1.82) is 0 Å². The van der Waals surface area contributed by atoms with Gasteiger partial charge in [-0.3, -0.25) is 9.69 Å². The van der Waals surface area contributed by atoms with Gasteiger partial charge in [-0.25, -0.2) is 0 Å².